The lowest BCUT2D eigenvalue weighted by Crippen LogP contribution is -2.11. The van der Waals surface area contributed by atoms with Gasteiger partial charge in [0.1, 0.15) is 5.75 Å². The summed E-state index contributed by atoms with van der Waals surface area (Å²) in [6, 6.07) is 6.85. The van der Waals surface area contributed by atoms with E-state index >= 15 is 0 Å². The fourth-order valence-corrected chi connectivity index (χ4v) is 0.995. The maximum absolute atomic E-state index is 10.8. The molecule has 0 fully saturated rings. The molecule has 1 aromatic carbocycles. The molecular formula is C10H14ClNO2. The summed E-state index contributed by atoms with van der Waals surface area (Å²) in [4.78, 5) is 10.8. The zero-order valence-corrected chi connectivity index (χ0v) is 9.01. The number of amides is 1. The number of hydrogen-bond donors (Lipinski definition) is 1. The van der Waals surface area contributed by atoms with Crippen LogP contribution in [-0.4, -0.2) is 12.0 Å². The third-order valence-electron chi connectivity index (χ3n) is 1.49. The van der Waals surface area contributed by atoms with E-state index < -0.39 is 5.91 Å². The van der Waals surface area contributed by atoms with Gasteiger partial charge in [-0.2, -0.15) is 0 Å². The van der Waals surface area contributed by atoms with Crippen LogP contribution in [0.5, 0.6) is 5.75 Å². The van der Waals surface area contributed by atoms with E-state index in [0.717, 1.165) is 0 Å². The minimum Gasteiger partial charge on any atom is -0.491 e. The van der Waals surface area contributed by atoms with Gasteiger partial charge in [-0.1, -0.05) is 6.07 Å². The Balaban J connectivity index is 0.00000169. The van der Waals surface area contributed by atoms with Crippen LogP contribution in [0.15, 0.2) is 24.3 Å². The van der Waals surface area contributed by atoms with Crippen LogP contribution >= 0.6 is 12.4 Å². The molecule has 0 unspecified atom stereocenters. The minimum absolute atomic E-state index is 0. The van der Waals surface area contributed by atoms with Crippen molar-refractivity contribution in [3.8, 4) is 5.75 Å². The van der Waals surface area contributed by atoms with Crippen LogP contribution in [-0.2, 0) is 0 Å². The Morgan fingerprint density at radius 2 is 2.07 bits per heavy atom. The van der Waals surface area contributed by atoms with Crippen molar-refractivity contribution in [3.05, 3.63) is 29.8 Å². The molecule has 0 spiro atoms. The number of nitrogens with two attached hydrogens (primary N) is 1. The number of primary amides is 1. The standard InChI is InChI=1S/C10H13NO2.ClH/c1-7(2)13-9-5-3-4-8(6-9)10(11)12;/h3-7H,1-2H3,(H2,11,12);1H. The fourth-order valence-electron chi connectivity index (χ4n) is 0.995. The molecule has 0 aromatic heterocycles. The van der Waals surface area contributed by atoms with E-state index in [4.69, 9.17) is 10.5 Å². The zero-order chi connectivity index (χ0) is 9.84. The minimum atomic E-state index is -0.436. The summed E-state index contributed by atoms with van der Waals surface area (Å²) in [6.07, 6.45) is 0.100. The number of carbonyl (C=O) groups excluding carboxylic acids is 1. The van der Waals surface area contributed by atoms with Gasteiger partial charge in [0.05, 0.1) is 6.10 Å². The predicted molar refractivity (Wildman–Crippen MR) is 58.0 cm³/mol. The molecule has 0 aliphatic rings. The summed E-state index contributed by atoms with van der Waals surface area (Å²) in [6.45, 7) is 3.86. The first-order valence-electron chi connectivity index (χ1n) is 4.16. The number of ether oxygens (including phenoxy) is 1. The molecule has 0 saturated heterocycles. The van der Waals surface area contributed by atoms with Crippen molar-refractivity contribution < 1.29 is 9.53 Å². The van der Waals surface area contributed by atoms with Gasteiger partial charge in [-0.15, -0.1) is 12.4 Å². The first-order chi connectivity index (χ1) is 6.09. The number of halogens is 1. The molecule has 0 saturated carbocycles. The normalized spacial score (nSPS) is 9.36. The zero-order valence-electron chi connectivity index (χ0n) is 8.19. The van der Waals surface area contributed by atoms with Crippen LogP contribution in [0.25, 0.3) is 0 Å². The molecule has 0 atom stereocenters. The van der Waals surface area contributed by atoms with Gasteiger partial charge in [-0.3, -0.25) is 4.79 Å². The topological polar surface area (TPSA) is 52.3 Å². The van der Waals surface area contributed by atoms with Gasteiger partial charge in [0.25, 0.3) is 0 Å². The average molecular weight is 216 g/mol. The summed E-state index contributed by atoms with van der Waals surface area (Å²) in [5.41, 5.74) is 5.59. The summed E-state index contributed by atoms with van der Waals surface area (Å²) < 4.78 is 5.40. The van der Waals surface area contributed by atoms with Crippen molar-refractivity contribution in [2.45, 2.75) is 20.0 Å². The van der Waals surface area contributed by atoms with E-state index in [9.17, 15) is 4.79 Å². The highest BCUT2D eigenvalue weighted by Gasteiger charge is 2.02. The molecule has 0 heterocycles. The smallest absolute Gasteiger partial charge is 0.248 e. The van der Waals surface area contributed by atoms with Gasteiger partial charge in [-0.05, 0) is 32.0 Å². The Labute approximate surface area is 89.7 Å². The van der Waals surface area contributed by atoms with Crippen LogP contribution in [0.2, 0.25) is 0 Å². The van der Waals surface area contributed by atoms with E-state index in [-0.39, 0.29) is 18.5 Å². The molecule has 2 N–H and O–H groups in total. The van der Waals surface area contributed by atoms with Crippen LogP contribution in [0, 0.1) is 0 Å². The Bertz CT molecular complexity index is 313. The first kappa shape index (κ1) is 12.8. The molecular weight excluding hydrogens is 202 g/mol. The number of hydrogen-bond acceptors (Lipinski definition) is 2. The van der Waals surface area contributed by atoms with Gasteiger partial charge >= 0.3 is 0 Å². The monoisotopic (exact) mass is 215 g/mol. The fraction of sp³-hybridized carbons (Fsp3) is 0.300. The van der Waals surface area contributed by atoms with Crippen molar-refractivity contribution >= 4 is 18.3 Å². The Kier molecular flexibility index (Phi) is 5.02. The van der Waals surface area contributed by atoms with Gasteiger partial charge in [0.2, 0.25) is 5.91 Å². The van der Waals surface area contributed by atoms with Crippen molar-refractivity contribution in [1.29, 1.82) is 0 Å². The third-order valence-corrected chi connectivity index (χ3v) is 1.49. The van der Waals surface area contributed by atoms with E-state index in [1.165, 1.54) is 0 Å². The van der Waals surface area contributed by atoms with Crippen molar-refractivity contribution in [1.82, 2.24) is 0 Å². The largest absolute Gasteiger partial charge is 0.491 e. The maximum atomic E-state index is 10.8. The van der Waals surface area contributed by atoms with Gasteiger partial charge in [-0.25, -0.2) is 0 Å². The second-order valence-electron chi connectivity index (χ2n) is 3.06. The van der Waals surface area contributed by atoms with E-state index in [2.05, 4.69) is 0 Å². The van der Waals surface area contributed by atoms with Crippen molar-refractivity contribution in [2.24, 2.45) is 5.73 Å². The Morgan fingerprint density at radius 1 is 1.43 bits per heavy atom. The lowest BCUT2D eigenvalue weighted by atomic mass is 10.2. The summed E-state index contributed by atoms with van der Waals surface area (Å²) in [5.74, 6) is 0.237. The lowest BCUT2D eigenvalue weighted by molar-refractivity contribution is 0.0999. The van der Waals surface area contributed by atoms with Crippen LogP contribution in [0.3, 0.4) is 0 Å². The molecule has 0 aliphatic heterocycles. The summed E-state index contributed by atoms with van der Waals surface area (Å²) in [7, 11) is 0. The molecule has 0 aliphatic carbocycles. The van der Waals surface area contributed by atoms with Gasteiger partial charge < -0.3 is 10.5 Å². The summed E-state index contributed by atoms with van der Waals surface area (Å²) >= 11 is 0. The second kappa shape index (κ2) is 5.50. The van der Waals surface area contributed by atoms with Gasteiger partial charge in [0, 0.05) is 5.56 Å². The van der Waals surface area contributed by atoms with Gasteiger partial charge in [0.15, 0.2) is 0 Å². The molecule has 1 amide bonds. The van der Waals surface area contributed by atoms with Crippen molar-refractivity contribution in [3.63, 3.8) is 0 Å². The molecule has 1 rings (SSSR count). The molecule has 14 heavy (non-hydrogen) atoms. The van der Waals surface area contributed by atoms with Crippen LogP contribution in [0.1, 0.15) is 24.2 Å². The molecule has 4 heteroatoms. The quantitative estimate of drug-likeness (QED) is 0.839. The molecule has 1 aromatic rings. The molecule has 78 valence electrons. The maximum Gasteiger partial charge on any atom is 0.248 e. The van der Waals surface area contributed by atoms with Crippen molar-refractivity contribution in [2.75, 3.05) is 0 Å². The lowest BCUT2D eigenvalue weighted by Gasteiger charge is -2.09. The number of carbonyl (C=O) groups is 1. The second-order valence-corrected chi connectivity index (χ2v) is 3.06. The Morgan fingerprint density at radius 3 is 2.57 bits per heavy atom. The van der Waals surface area contributed by atoms with E-state index in [0.29, 0.717) is 11.3 Å². The summed E-state index contributed by atoms with van der Waals surface area (Å²) in [5, 5.41) is 0. The first-order valence-corrected chi connectivity index (χ1v) is 4.16. The predicted octanol–water partition coefficient (Wildman–Crippen LogP) is 1.99. The highest BCUT2D eigenvalue weighted by atomic mass is 35.5. The number of benzene rings is 1. The van der Waals surface area contributed by atoms with Crippen LogP contribution in [0.4, 0.5) is 0 Å². The van der Waals surface area contributed by atoms with Crippen LogP contribution < -0.4 is 10.5 Å². The van der Waals surface area contributed by atoms with E-state index in [1.807, 2.05) is 13.8 Å². The SMILES string of the molecule is CC(C)Oc1cccc(C(N)=O)c1.Cl. The molecule has 0 radical (unpaired) electrons. The van der Waals surface area contributed by atoms with E-state index in [1.54, 1.807) is 24.3 Å². The highest BCUT2D eigenvalue weighted by molar-refractivity contribution is 5.93. The Hall–Kier alpha value is -1.22. The average Bonchev–Trinajstić information content (AvgIpc) is 2.03. The molecule has 0 bridgehead atoms. The molecule has 3 nitrogen and oxygen atoms in total. The third kappa shape index (κ3) is 3.66. The number of rotatable bonds is 3. The highest BCUT2D eigenvalue weighted by Crippen LogP contribution is 2.14.